The van der Waals surface area contributed by atoms with Gasteiger partial charge in [-0.3, -0.25) is 0 Å². The Kier molecular flexibility index (Phi) is 6.53. The first kappa shape index (κ1) is 28.4. The van der Waals surface area contributed by atoms with E-state index in [9.17, 15) is 0 Å². The zero-order valence-electron chi connectivity index (χ0n) is 27.4. The summed E-state index contributed by atoms with van der Waals surface area (Å²) >= 11 is 0. The third kappa shape index (κ3) is 4.43. The molecule has 10 rings (SSSR count). The highest BCUT2D eigenvalue weighted by Gasteiger charge is 2.20. The molecule has 0 spiro atoms. The Hall–Kier alpha value is -6.64. The predicted octanol–water partition coefficient (Wildman–Crippen LogP) is 12.9. The van der Waals surface area contributed by atoms with E-state index in [4.69, 9.17) is 0 Å². The van der Waals surface area contributed by atoms with Crippen LogP contribution in [-0.2, 0) is 0 Å². The van der Waals surface area contributed by atoms with Gasteiger partial charge in [0.25, 0.3) is 0 Å². The molecule has 0 aliphatic heterocycles. The molecule has 10 aromatic rings. The lowest BCUT2D eigenvalue weighted by molar-refractivity contribution is 1.16. The Morgan fingerprint density at radius 3 is 1.06 bits per heavy atom. The molecular weight excluding hydrogens is 605 g/mol. The fourth-order valence-electron chi connectivity index (χ4n) is 7.88. The van der Waals surface area contributed by atoms with Gasteiger partial charge >= 0.3 is 0 Å². The average Bonchev–Trinajstić information content (AvgIpc) is 3.70. The molecule has 0 aliphatic rings. The maximum Gasteiger partial charge on any atom is 0.0541 e. The van der Waals surface area contributed by atoms with Gasteiger partial charge in [0.1, 0.15) is 0 Å². The number of para-hydroxylation sites is 4. The Morgan fingerprint density at radius 2 is 0.600 bits per heavy atom. The van der Waals surface area contributed by atoms with Crippen LogP contribution >= 0.6 is 0 Å². The van der Waals surface area contributed by atoms with Crippen LogP contribution in [0.1, 0.15) is 0 Å². The molecule has 2 heteroatoms. The third-order valence-electron chi connectivity index (χ3n) is 10.1. The van der Waals surface area contributed by atoms with Crippen LogP contribution in [0.2, 0.25) is 0 Å². The minimum Gasteiger partial charge on any atom is -0.309 e. The summed E-state index contributed by atoms with van der Waals surface area (Å²) in [6.07, 6.45) is 0. The average molecular weight is 637 g/mol. The van der Waals surface area contributed by atoms with Gasteiger partial charge in [-0.05, 0) is 70.8 Å². The molecule has 0 aliphatic carbocycles. The molecule has 0 bridgehead atoms. The zero-order valence-corrected chi connectivity index (χ0v) is 27.4. The standard InChI is InChI=1S/C48H32N2/c1-3-15-33(16-4-1)35-27-29-47-41(31-35)42-32-36(34-17-5-2-6-18-34)28-30-48(42)50(47)46-26-14-10-22-40(46)39-21-9-13-25-45(39)49-43-23-11-7-19-37(43)38-20-8-12-24-44(38)49/h1-32H. The molecule has 50 heavy (non-hydrogen) atoms. The van der Waals surface area contributed by atoms with Gasteiger partial charge in [0.2, 0.25) is 0 Å². The number of hydrogen-bond donors (Lipinski definition) is 0. The molecule has 0 atom stereocenters. The minimum atomic E-state index is 1.15. The molecule has 2 aromatic heterocycles. The van der Waals surface area contributed by atoms with Gasteiger partial charge < -0.3 is 9.13 Å². The fraction of sp³-hybridized carbons (Fsp3) is 0. The maximum atomic E-state index is 2.46. The van der Waals surface area contributed by atoms with Crippen LogP contribution in [-0.4, -0.2) is 9.13 Å². The highest BCUT2D eigenvalue weighted by atomic mass is 15.0. The van der Waals surface area contributed by atoms with E-state index in [0.717, 1.165) is 11.4 Å². The number of hydrogen-bond acceptors (Lipinski definition) is 0. The summed E-state index contributed by atoms with van der Waals surface area (Å²) in [4.78, 5) is 0. The maximum absolute atomic E-state index is 2.46. The molecule has 0 fully saturated rings. The minimum absolute atomic E-state index is 1.15. The van der Waals surface area contributed by atoms with Gasteiger partial charge in [0, 0.05) is 32.7 Å². The van der Waals surface area contributed by atoms with Crippen LogP contribution in [0.4, 0.5) is 0 Å². The largest absolute Gasteiger partial charge is 0.309 e. The van der Waals surface area contributed by atoms with Gasteiger partial charge in [-0.1, -0.05) is 146 Å². The van der Waals surface area contributed by atoms with Gasteiger partial charge in [-0.15, -0.1) is 0 Å². The van der Waals surface area contributed by atoms with Crippen LogP contribution in [0.25, 0.3) is 88.4 Å². The Balaban J connectivity index is 1.25. The van der Waals surface area contributed by atoms with Gasteiger partial charge in [-0.2, -0.15) is 0 Å². The number of rotatable bonds is 5. The number of benzene rings is 8. The van der Waals surface area contributed by atoms with Crippen LogP contribution in [0, 0.1) is 0 Å². The van der Waals surface area contributed by atoms with Gasteiger partial charge in [0.05, 0.1) is 33.4 Å². The Bertz CT molecular complexity index is 2710. The molecule has 2 nitrogen and oxygen atoms in total. The summed E-state index contributed by atoms with van der Waals surface area (Å²) in [7, 11) is 0. The van der Waals surface area contributed by atoms with Crippen molar-refractivity contribution < 1.29 is 0 Å². The smallest absolute Gasteiger partial charge is 0.0541 e. The summed E-state index contributed by atoms with van der Waals surface area (Å²) in [6, 6.07) is 70.4. The summed E-state index contributed by atoms with van der Waals surface area (Å²) < 4.78 is 4.90. The lowest BCUT2D eigenvalue weighted by Crippen LogP contribution is -2.01. The first-order valence-corrected chi connectivity index (χ1v) is 17.2. The second-order valence-electron chi connectivity index (χ2n) is 12.9. The van der Waals surface area contributed by atoms with Crippen molar-refractivity contribution in [2.45, 2.75) is 0 Å². The molecule has 0 N–H and O–H groups in total. The molecule has 0 saturated heterocycles. The van der Waals surface area contributed by atoms with E-state index in [0.29, 0.717) is 0 Å². The van der Waals surface area contributed by atoms with Crippen LogP contribution in [0.5, 0.6) is 0 Å². The molecule has 2 heterocycles. The molecule has 0 saturated carbocycles. The highest BCUT2D eigenvalue weighted by Crippen LogP contribution is 2.42. The van der Waals surface area contributed by atoms with E-state index in [2.05, 4.69) is 203 Å². The fourth-order valence-corrected chi connectivity index (χ4v) is 7.88. The third-order valence-corrected chi connectivity index (χ3v) is 10.1. The van der Waals surface area contributed by atoms with Crippen molar-refractivity contribution in [3.63, 3.8) is 0 Å². The number of nitrogens with zero attached hydrogens (tertiary/aromatic N) is 2. The molecule has 234 valence electrons. The van der Waals surface area contributed by atoms with E-state index in [-0.39, 0.29) is 0 Å². The van der Waals surface area contributed by atoms with Crippen LogP contribution < -0.4 is 0 Å². The topological polar surface area (TPSA) is 9.86 Å². The second kappa shape index (κ2) is 11.5. The van der Waals surface area contributed by atoms with Gasteiger partial charge in [-0.25, -0.2) is 0 Å². The number of fused-ring (bicyclic) bond motifs is 6. The number of aromatic nitrogens is 2. The zero-order chi connectivity index (χ0) is 33.0. The van der Waals surface area contributed by atoms with Crippen molar-refractivity contribution in [1.29, 1.82) is 0 Å². The lowest BCUT2D eigenvalue weighted by Gasteiger charge is -2.18. The van der Waals surface area contributed by atoms with E-state index in [1.807, 2.05) is 0 Å². The Labute approximate surface area is 290 Å². The molecule has 0 radical (unpaired) electrons. The molecule has 8 aromatic carbocycles. The lowest BCUT2D eigenvalue weighted by atomic mass is 10.0. The predicted molar refractivity (Wildman–Crippen MR) is 211 cm³/mol. The van der Waals surface area contributed by atoms with Crippen molar-refractivity contribution in [2.24, 2.45) is 0 Å². The van der Waals surface area contributed by atoms with E-state index < -0.39 is 0 Å². The molecule has 0 amide bonds. The van der Waals surface area contributed by atoms with E-state index in [1.54, 1.807) is 0 Å². The van der Waals surface area contributed by atoms with Crippen LogP contribution in [0.15, 0.2) is 194 Å². The normalized spacial score (nSPS) is 11.6. The quantitative estimate of drug-likeness (QED) is 0.178. The Morgan fingerprint density at radius 1 is 0.240 bits per heavy atom. The highest BCUT2D eigenvalue weighted by molar-refractivity contribution is 6.13. The van der Waals surface area contributed by atoms with Crippen LogP contribution in [0.3, 0.4) is 0 Å². The molecular formula is C48H32N2. The van der Waals surface area contributed by atoms with Crippen molar-refractivity contribution in [2.75, 3.05) is 0 Å². The summed E-state index contributed by atoms with van der Waals surface area (Å²) in [5, 5.41) is 5.00. The first-order valence-electron chi connectivity index (χ1n) is 17.2. The van der Waals surface area contributed by atoms with Crippen molar-refractivity contribution in [1.82, 2.24) is 9.13 Å². The summed E-state index contributed by atoms with van der Waals surface area (Å²) in [5.41, 5.74) is 14.3. The van der Waals surface area contributed by atoms with E-state index in [1.165, 1.54) is 77.0 Å². The molecule has 0 unspecified atom stereocenters. The van der Waals surface area contributed by atoms with E-state index >= 15 is 0 Å². The first-order chi connectivity index (χ1) is 24.8. The van der Waals surface area contributed by atoms with Gasteiger partial charge in [0.15, 0.2) is 0 Å². The van der Waals surface area contributed by atoms with Crippen molar-refractivity contribution in [3.8, 4) is 44.8 Å². The summed E-state index contributed by atoms with van der Waals surface area (Å²) in [6.45, 7) is 0. The van der Waals surface area contributed by atoms with Crippen molar-refractivity contribution >= 4 is 43.6 Å². The second-order valence-corrected chi connectivity index (χ2v) is 12.9. The monoisotopic (exact) mass is 636 g/mol. The van der Waals surface area contributed by atoms with Crippen molar-refractivity contribution in [3.05, 3.63) is 194 Å². The SMILES string of the molecule is c1ccc(-c2ccc3c(c2)c2cc(-c4ccccc4)ccc2n3-c2ccccc2-c2ccccc2-n2c3ccccc3c3ccccc32)cc1. The summed E-state index contributed by atoms with van der Waals surface area (Å²) in [5.74, 6) is 0.